The van der Waals surface area contributed by atoms with E-state index in [0.717, 1.165) is 18.1 Å². The molecule has 0 unspecified atom stereocenters. The summed E-state index contributed by atoms with van der Waals surface area (Å²) >= 11 is 6.77. The average molecular weight is 357 g/mol. The summed E-state index contributed by atoms with van der Waals surface area (Å²) in [7, 11) is 0. The zero-order valence-corrected chi connectivity index (χ0v) is 10.3. The van der Waals surface area contributed by atoms with E-state index in [2.05, 4.69) is 38.5 Å². The SMILES string of the molecule is Fc1cc2c(I)ccc(Br)c2s1. The monoisotopic (exact) mass is 356 g/mol. The molecule has 0 fully saturated rings. The first kappa shape index (κ1) is 8.90. The van der Waals surface area contributed by atoms with Gasteiger partial charge in [0.1, 0.15) is 0 Å². The summed E-state index contributed by atoms with van der Waals surface area (Å²) in [5.74, 6) is 0. The number of benzene rings is 1. The van der Waals surface area contributed by atoms with Crippen molar-refractivity contribution in [2.24, 2.45) is 0 Å². The van der Waals surface area contributed by atoms with E-state index in [1.807, 2.05) is 12.1 Å². The van der Waals surface area contributed by atoms with Crippen molar-refractivity contribution >= 4 is 59.9 Å². The van der Waals surface area contributed by atoms with Crippen LogP contribution in [-0.4, -0.2) is 0 Å². The molecule has 0 aliphatic rings. The standard InChI is InChI=1S/C8H3BrFIS/c9-5-1-2-6(11)4-3-7(10)12-8(4)5/h1-3H. The highest BCUT2D eigenvalue weighted by atomic mass is 127. The molecule has 0 aliphatic heterocycles. The van der Waals surface area contributed by atoms with Crippen molar-refractivity contribution in [1.82, 2.24) is 0 Å². The van der Waals surface area contributed by atoms with Gasteiger partial charge in [-0.1, -0.05) is 0 Å². The zero-order chi connectivity index (χ0) is 8.72. The van der Waals surface area contributed by atoms with Gasteiger partial charge in [-0.2, -0.15) is 4.39 Å². The van der Waals surface area contributed by atoms with Crippen molar-refractivity contribution in [1.29, 1.82) is 0 Å². The van der Waals surface area contributed by atoms with E-state index in [0.29, 0.717) is 0 Å². The lowest BCUT2D eigenvalue weighted by Crippen LogP contribution is -1.71. The molecule has 0 radical (unpaired) electrons. The van der Waals surface area contributed by atoms with Crippen molar-refractivity contribution in [2.45, 2.75) is 0 Å². The molecule has 1 aromatic carbocycles. The lowest BCUT2D eigenvalue weighted by Gasteiger charge is -1.94. The Morgan fingerprint density at radius 3 is 2.83 bits per heavy atom. The molecule has 0 spiro atoms. The molecule has 1 heterocycles. The summed E-state index contributed by atoms with van der Waals surface area (Å²) in [6, 6.07) is 5.49. The van der Waals surface area contributed by atoms with Gasteiger partial charge in [0.25, 0.3) is 0 Å². The summed E-state index contributed by atoms with van der Waals surface area (Å²) in [5.41, 5.74) is 0. The van der Waals surface area contributed by atoms with E-state index in [1.165, 1.54) is 11.3 Å². The smallest absolute Gasteiger partial charge is 0.177 e. The second kappa shape index (κ2) is 3.23. The van der Waals surface area contributed by atoms with Gasteiger partial charge in [-0.3, -0.25) is 0 Å². The predicted molar refractivity (Wildman–Crippen MR) is 62.2 cm³/mol. The van der Waals surface area contributed by atoms with Crippen molar-refractivity contribution in [3.8, 4) is 0 Å². The van der Waals surface area contributed by atoms with E-state index in [1.54, 1.807) is 6.07 Å². The van der Waals surface area contributed by atoms with Crippen LogP contribution in [0.3, 0.4) is 0 Å². The van der Waals surface area contributed by atoms with E-state index < -0.39 is 0 Å². The van der Waals surface area contributed by atoms with Gasteiger partial charge in [-0.25, -0.2) is 0 Å². The topological polar surface area (TPSA) is 0 Å². The number of rotatable bonds is 0. The van der Waals surface area contributed by atoms with Gasteiger partial charge in [0.05, 0.1) is 4.70 Å². The normalized spacial score (nSPS) is 10.9. The van der Waals surface area contributed by atoms with E-state index in [9.17, 15) is 4.39 Å². The summed E-state index contributed by atoms with van der Waals surface area (Å²) in [6.45, 7) is 0. The van der Waals surface area contributed by atoms with Crippen molar-refractivity contribution in [3.63, 3.8) is 0 Å². The van der Waals surface area contributed by atoms with Crippen molar-refractivity contribution in [2.75, 3.05) is 0 Å². The van der Waals surface area contributed by atoms with Crippen LogP contribution in [0, 0.1) is 8.70 Å². The van der Waals surface area contributed by atoms with Crippen LogP contribution in [-0.2, 0) is 0 Å². The van der Waals surface area contributed by atoms with Crippen LogP contribution in [0.5, 0.6) is 0 Å². The van der Waals surface area contributed by atoms with Gasteiger partial charge in [-0.15, -0.1) is 11.3 Å². The molecule has 0 N–H and O–H groups in total. The predicted octanol–water partition coefficient (Wildman–Crippen LogP) is 4.41. The fourth-order valence-electron chi connectivity index (χ4n) is 1.03. The Morgan fingerprint density at radius 2 is 2.17 bits per heavy atom. The number of thiophene rings is 1. The largest absolute Gasteiger partial charge is 0.195 e. The molecule has 0 atom stereocenters. The van der Waals surface area contributed by atoms with Gasteiger partial charge >= 0.3 is 0 Å². The second-order valence-electron chi connectivity index (χ2n) is 2.32. The summed E-state index contributed by atoms with van der Waals surface area (Å²) in [6.07, 6.45) is 0. The third-order valence-corrected chi connectivity index (χ3v) is 4.37. The highest BCUT2D eigenvalue weighted by Crippen LogP contribution is 2.33. The number of halogens is 3. The van der Waals surface area contributed by atoms with E-state index >= 15 is 0 Å². The van der Waals surface area contributed by atoms with Crippen LogP contribution in [0.25, 0.3) is 10.1 Å². The molecule has 0 saturated carbocycles. The maximum Gasteiger partial charge on any atom is 0.177 e. The minimum atomic E-state index is -0.130. The highest BCUT2D eigenvalue weighted by molar-refractivity contribution is 14.1. The van der Waals surface area contributed by atoms with E-state index in [-0.39, 0.29) is 5.13 Å². The lowest BCUT2D eigenvalue weighted by atomic mass is 10.3. The third kappa shape index (κ3) is 1.40. The fraction of sp³-hybridized carbons (Fsp3) is 0. The molecule has 1 aromatic heterocycles. The van der Waals surface area contributed by atoms with Crippen LogP contribution in [0.15, 0.2) is 22.7 Å². The van der Waals surface area contributed by atoms with Gasteiger partial charge < -0.3 is 0 Å². The summed E-state index contributed by atoms with van der Waals surface area (Å²) < 4.78 is 15.9. The molecular weight excluding hydrogens is 354 g/mol. The van der Waals surface area contributed by atoms with E-state index in [4.69, 9.17) is 0 Å². The minimum absolute atomic E-state index is 0.130. The van der Waals surface area contributed by atoms with Gasteiger partial charge in [0.2, 0.25) is 0 Å². The Kier molecular flexibility index (Phi) is 2.39. The first-order valence-corrected chi connectivity index (χ1v) is 5.90. The number of hydrogen-bond donors (Lipinski definition) is 0. The number of fused-ring (bicyclic) bond motifs is 1. The highest BCUT2D eigenvalue weighted by Gasteiger charge is 2.06. The molecule has 0 nitrogen and oxygen atoms in total. The molecule has 2 rings (SSSR count). The Morgan fingerprint density at radius 1 is 1.42 bits per heavy atom. The maximum atomic E-state index is 12.9. The quantitative estimate of drug-likeness (QED) is 0.613. The van der Waals surface area contributed by atoms with Gasteiger partial charge in [0.15, 0.2) is 5.13 Å². The van der Waals surface area contributed by atoms with Crippen LogP contribution >= 0.6 is 49.9 Å². The van der Waals surface area contributed by atoms with Gasteiger partial charge in [0, 0.05) is 13.4 Å². The average Bonchev–Trinajstić information content (AvgIpc) is 2.41. The Balaban J connectivity index is 2.93. The fourth-order valence-corrected chi connectivity index (χ4v) is 3.22. The first-order valence-electron chi connectivity index (χ1n) is 3.21. The Hall–Kier alpha value is 0.320. The molecule has 2 aromatic rings. The Bertz CT molecular complexity index is 399. The van der Waals surface area contributed by atoms with Crippen molar-refractivity contribution < 1.29 is 4.39 Å². The molecule has 62 valence electrons. The molecule has 0 aliphatic carbocycles. The summed E-state index contributed by atoms with van der Waals surface area (Å²) in [4.78, 5) is 0. The molecule has 4 heteroatoms. The first-order chi connectivity index (χ1) is 5.68. The maximum absolute atomic E-state index is 12.9. The Labute approximate surface area is 95.0 Å². The molecular formula is C8H3BrFIS. The van der Waals surface area contributed by atoms with Crippen LogP contribution in [0.2, 0.25) is 0 Å². The number of hydrogen-bond acceptors (Lipinski definition) is 1. The molecule has 0 bridgehead atoms. The van der Waals surface area contributed by atoms with Gasteiger partial charge in [-0.05, 0) is 56.7 Å². The minimum Gasteiger partial charge on any atom is -0.195 e. The molecule has 0 amide bonds. The van der Waals surface area contributed by atoms with Crippen LogP contribution < -0.4 is 0 Å². The third-order valence-electron chi connectivity index (χ3n) is 1.55. The molecule has 0 saturated heterocycles. The van der Waals surface area contributed by atoms with Crippen LogP contribution in [0.4, 0.5) is 4.39 Å². The lowest BCUT2D eigenvalue weighted by molar-refractivity contribution is 0.658. The second-order valence-corrected chi connectivity index (χ2v) is 5.34. The van der Waals surface area contributed by atoms with Crippen LogP contribution in [0.1, 0.15) is 0 Å². The molecule has 12 heavy (non-hydrogen) atoms. The van der Waals surface area contributed by atoms with Crippen molar-refractivity contribution in [3.05, 3.63) is 31.4 Å². The zero-order valence-electron chi connectivity index (χ0n) is 5.77. The summed E-state index contributed by atoms with van der Waals surface area (Å²) in [5, 5.41) is 0.863.